The molecule has 0 aromatic heterocycles. The molecule has 114 valence electrons. The molecular formula is C18H32N2. The molecule has 0 N–H and O–H groups in total. The summed E-state index contributed by atoms with van der Waals surface area (Å²) in [7, 11) is 0. The molecule has 0 spiro atoms. The van der Waals surface area contributed by atoms with Crippen LogP contribution in [-0.2, 0) is 0 Å². The highest BCUT2D eigenvalue weighted by atomic mass is 15.2. The highest BCUT2D eigenvalue weighted by Crippen LogP contribution is 2.49. The van der Waals surface area contributed by atoms with Crippen molar-refractivity contribution in [1.29, 1.82) is 0 Å². The first-order valence-corrected chi connectivity index (χ1v) is 9.00. The molecule has 3 rings (SSSR count). The lowest BCUT2D eigenvalue weighted by Gasteiger charge is -2.32. The maximum atomic E-state index is 2.72. The Balaban J connectivity index is 1.45. The highest BCUT2D eigenvalue weighted by Gasteiger charge is 2.48. The lowest BCUT2D eigenvalue weighted by Crippen LogP contribution is -2.30. The Labute approximate surface area is 125 Å². The van der Waals surface area contributed by atoms with E-state index >= 15 is 0 Å². The maximum absolute atomic E-state index is 2.72. The average molecular weight is 276 g/mol. The summed E-state index contributed by atoms with van der Waals surface area (Å²) < 4.78 is 0. The molecule has 0 saturated carbocycles. The second-order valence-electron chi connectivity index (χ2n) is 7.15. The van der Waals surface area contributed by atoms with Gasteiger partial charge in [-0.15, -0.1) is 0 Å². The molecule has 0 aromatic rings. The molecular weight excluding hydrogens is 244 g/mol. The van der Waals surface area contributed by atoms with Gasteiger partial charge in [0.2, 0.25) is 0 Å². The Bertz CT molecular complexity index is 326. The topological polar surface area (TPSA) is 6.48 Å². The zero-order chi connectivity index (χ0) is 13.9. The van der Waals surface area contributed by atoms with Crippen molar-refractivity contribution in [3.8, 4) is 0 Å². The van der Waals surface area contributed by atoms with Gasteiger partial charge >= 0.3 is 0 Å². The van der Waals surface area contributed by atoms with Crippen molar-refractivity contribution in [2.75, 3.05) is 39.3 Å². The third-order valence-corrected chi connectivity index (χ3v) is 5.65. The number of nitrogens with zero attached hydrogens (tertiary/aromatic N) is 2. The molecule has 2 nitrogen and oxygen atoms in total. The molecule has 20 heavy (non-hydrogen) atoms. The van der Waals surface area contributed by atoms with E-state index in [1.165, 1.54) is 77.8 Å². The van der Waals surface area contributed by atoms with Crippen LogP contribution in [-0.4, -0.2) is 49.1 Å². The first-order chi connectivity index (χ1) is 9.83. The molecule has 0 unspecified atom stereocenters. The van der Waals surface area contributed by atoms with E-state index in [0.717, 1.165) is 11.8 Å². The van der Waals surface area contributed by atoms with Crippen LogP contribution >= 0.6 is 0 Å². The second-order valence-corrected chi connectivity index (χ2v) is 7.15. The third kappa shape index (κ3) is 2.82. The van der Waals surface area contributed by atoms with Crippen LogP contribution in [0.5, 0.6) is 0 Å². The van der Waals surface area contributed by atoms with Crippen molar-refractivity contribution in [1.82, 2.24) is 9.80 Å². The Morgan fingerprint density at radius 3 is 1.60 bits per heavy atom. The molecule has 2 heteroatoms. The van der Waals surface area contributed by atoms with E-state index in [0.29, 0.717) is 0 Å². The second kappa shape index (κ2) is 6.62. The number of likely N-dealkylation sites (tertiary alicyclic amines) is 2. The summed E-state index contributed by atoms with van der Waals surface area (Å²) in [5.41, 5.74) is 3.70. The zero-order valence-corrected chi connectivity index (χ0v) is 13.5. The van der Waals surface area contributed by atoms with Crippen LogP contribution in [0, 0.1) is 11.8 Å². The first kappa shape index (κ1) is 14.6. The van der Waals surface area contributed by atoms with E-state index in [-0.39, 0.29) is 0 Å². The molecule has 0 bridgehead atoms. The van der Waals surface area contributed by atoms with Gasteiger partial charge in [-0.05, 0) is 25.9 Å². The lowest BCUT2D eigenvalue weighted by atomic mass is 9.71. The summed E-state index contributed by atoms with van der Waals surface area (Å²) in [4.78, 5) is 5.45. The quantitative estimate of drug-likeness (QED) is 0.494. The smallest absolute Gasteiger partial charge is 0.0199 e. The number of fused-ring (bicyclic) bond motifs is 3. The predicted molar refractivity (Wildman–Crippen MR) is 85.9 cm³/mol. The molecule has 0 radical (unpaired) electrons. The van der Waals surface area contributed by atoms with E-state index in [4.69, 9.17) is 0 Å². The van der Waals surface area contributed by atoms with Gasteiger partial charge in [0.1, 0.15) is 0 Å². The Kier molecular flexibility index (Phi) is 4.83. The lowest BCUT2D eigenvalue weighted by molar-refractivity contribution is 0.270. The molecule has 1 aliphatic carbocycles. The van der Waals surface area contributed by atoms with Gasteiger partial charge in [-0.1, -0.05) is 50.7 Å². The molecule has 0 aromatic carbocycles. The Hall–Kier alpha value is -0.340. The van der Waals surface area contributed by atoms with Crippen molar-refractivity contribution in [2.24, 2.45) is 11.8 Å². The van der Waals surface area contributed by atoms with Crippen LogP contribution in [0.25, 0.3) is 0 Å². The molecule has 0 amide bonds. The van der Waals surface area contributed by atoms with Gasteiger partial charge in [0.05, 0.1) is 0 Å². The summed E-state index contributed by atoms with van der Waals surface area (Å²) in [5, 5.41) is 0. The minimum Gasteiger partial charge on any atom is -0.299 e. The molecule has 2 saturated heterocycles. The summed E-state index contributed by atoms with van der Waals surface area (Å²) >= 11 is 0. The van der Waals surface area contributed by atoms with Crippen molar-refractivity contribution >= 4 is 0 Å². The monoisotopic (exact) mass is 276 g/mol. The van der Waals surface area contributed by atoms with E-state index < -0.39 is 0 Å². The van der Waals surface area contributed by atoms with Crippen molar-refractivity contribution in [2.45, 2.75) is 52.4 Å². The highest BCUT2D eigenvalue weighted by molar-refractivity contribution is 5.40. The summed E-state index contributed by atoms with van der Waals surface area (Å²) in [6.07, 6.45) is 8.31. The molecule has 2 atom stereocenters. The van der Waals surface area contributed by atoms with E-state index in [2.05, 4.69) is 23.6 Å². The number of hydrogen-bond acceptors (Lipinski definition) is 2. The van der Waals surface area contributed by atoms with Crippen LogP contribution in [0.2, 0.25) is 0 Å². The first-order valence-electron chi connectivity index (χ1n) is 9.00. The number of hydrogen-bond donors (Lipinski definition) is 0. The summed E-state index contributed by atoms with van der Waals surface area (Å²) in [5.74, 6) is 1.89. The van der Waals surface area contributed by atoms with Crippen molar-refractivity contribution in [3.05, 3.63) is 11.1 Å². The maximum Gasteiger partial charge on any atom is 0.0199 e. The molecule has 2 fully saturated rings. The normalized spacial score (nSPS) is 29.7. The van der Waals surface area contributed by atoms with Gasteiger partial charge in [0.25, 0.3) is 0 Å². The minimum absolute atomic E-state index is 0.947. The van der Waals surface area contributed by atoms with Crippen LogP contribution < -0.4 is 0 Å². The molecule has 2 aliphatic heterocycles. The SMILES string of the molecule is CCCCCN1CC2=C3CN(CCCCC)C[C@H]3[C@@H]2C1. The third-order valence-electron chi connectivity index (χ3n) is 5.65. The summed E-state index contributed by atoms with van der Waals surface area (Å²) in [6.45, 7) is 12.6. The van der Waals surface area contributed by atoms with Gasteiger partial charge in [-0.3, -0.25) is 9.80 Å². The fourth-order valence-electron chi connectivity index (χ4n) is 4.46. The van der Waals surface area contributed by atoms with E-state index in [9.17, 15) is 0 Å². The van der Waals surface area contributed by atoms with Crippen LogP contribution in [0.4, 0.5) is 0 Å². The fraction of sp³-hybridized carbons (Fsp3) is 0.889. The Morgan fingerprint density at radius 1 is 0.750 bits per heavy atom. The fourth-order valence-corrected chi connectivity index (χ4v) is 4.46. The zero-order valence-electron chi connectivity index (χ0n) is 13.5. The standard InChI is InChI=1S/C18H32N2/c1-3-5-7-9-19-11-15-16(12-19)18-14-20(13-17(15)18)10-8-6-4-2/h15,17H,3-14H2,1-2H3/t15-,17+/m1/s1. The van der Waals surface area contributed by atoms with Crippen LogP contribution in [0.1, 0.15) is 52.4 Å². The van der Waals surface area contributed by atoms with Gasteiger partial charge < -0.3 is 0 Å². The van der Waals surface area contributed by atoms with Gasteiger partial charge in [0, 0.05) is 38.0 Å². The largest absolute Gasteiger partial charge is 0.299 e. The van der Waals surface area contributed by atoms with Gasteiger partial charge in [-0.25, -0.2) is 0 Å². The Morgan fingerprint density at radius 2 is 1.20 bits per heavy atom. The average Bonchev–Trinajstić information content (AvgIpc) is 2.98. The number of rotatable bonds is 8. The van der Waals surface area contributed by atoms with Crippen LogP contribution in [0.15, 0.2) is 11.1 Å². The van der Waals surface area contributed by atoms with E-state index in [1.807, 2.05) is 11.1 Å². The van der Waals surface area contributed by atoms with Crippen molar-refractivity contribution < 1.29 is 0 Å². The van der Waals surface area contributed by atoms with Crippen LogP contribution in [0.3, 0.4) is 0 Å². The molecule has 2 heterocycles. The van der Waals surface area contributed by atoms with Gasteiger partial charge in [-0.2, -0.15) is 0 Å². The number of unbranched alkanes of at least 4 members (excludes halogenated alkanes) is 4. The van der Waals surface area contributed by atoms with Crippen molar-refractivity contribution in [3.63, 3.8) is 0 Å². The van der Waals surface area contributed by atoms with Gasteiger partial charge in [0.15, 0.2) is 0 Å². The summed E-state index contributed by atoms with van der Waals surface area (Å²) in [6, 6.07) is 0. The van der Waals surface area contributed by atoms with E-state index in [1.54, 1.807) is 0 Å². The predicted octanol–water partition coefficient (Wildman–Crippen LogP) is 3.54. The minimum atomic E-state index is 0.947. The molecule has 3 aliphatic rings.